The molecule has 216 valence electrons. The third-order valence-electron chi connectivity index (χ3n) is 7.47. The number of hydrogen-bond donors (Lipinski definition) is 1. The van der Waals surface area contributed by atoms with E-state index in [1.807, 2.05) is 29.7 Å². The van der Waals surface area contributed by atoms with Crippen LogP contribution in [0.15, 0.2) is 65.1 Å². The molecule has 11 heteroatoms. The molecule has 1 unspecified atom stereocenters. The summed E-state index contributed by atoms with van der Waals surface area (Å²) >= 11 is 1.50. The van der Waals surface area contributed by atoms with E-state index in [4.69, 9.17) is 4.42 Å². The molecule has 1 amide bonds. The zero-order valence-corrected chi connectivity index (χ0v) is 24.6. The zero-order chi connectivity index (χ0) is 29.3. The summed E-state index contributed by atoms with van der Waals surface area (Å²) in [6.45, 7) is 0.643. The van der Waals surface area contributed by atoms with E-state index < -0.39 is 21.7 Å². The van der Waals surface area contributed by atoms with Gasteiger partial charge in [-0.1, -0.05) is 24.1 Å². The fraction of sp³-hybridized carbons (Fsp3) is 0.300. The second kappa shape index (κ2) is 11.8. The third kappa shape index (κ3) is 5.98. The quantitative estimate of drug-likeness (QED) is 0.244. The first kappa shape index (κ1) is 29.1. The highest BCUT2D eigenvalue weighted by Gasteiger charge is 2.33. The van der Waals surface area contributed by atoms with E-state index in [9.17, 15) is 22.0 Å². The van der Waals surface area contributed by atoms with Crippen molar-refractivity contribution in [1.29, 1.82) is 0 Å². The average molecular weight is 600 g/mol. The fourth-order valence-corrected chi connectivity index (χ4v) is 7.33. The van der Waals surface area contributed by atoms with Crippen LogP contribution in [0, 0.1) is 11.6 Å². The number of benzene rings is 3. The zero-order valence-electron chi connectivity index (χ0n) is 23.0. The predicted octanol–water partition coefficient (Wildman–Crippen LogP) is 6.16. The van der Waals surface area contributed by atoms with Gasteiger partial charge < -0.3 is 14.0 Å². The number of carbonyl (C=O) groups excluding carboxylic acids is 1. The Morgan fingerprint density at radius 2 is 1.88 bits per heavy atom. The molecule has 4 aromatic rings. The summed E-state index contributed by atoms with van der Waals surface area (Å²) in [4.78, 5) is 13.1. The van der Waals surface area contributed by atoms with E-state index in [1.54, 1.807) is 18.2 Å². The number of furan rings is 1. The van der Waals surface area contributed by atoms with Gasteiger partial charge in [0, 0.05) is 50.5 Å². The average Bonchev–Trinajstić information content (AvgIpc) is 3.34. The van der Waals surface area contributed by atoms with Crippen LogP contribution < -0.4 is 9.62 Å². The minimum Gasteiger partial charge on any atom is -0.455 e. The molecule has 0 saturated carbocycles. The Labute approximate surface area is 242 Å². The lowest BCUT2D eigenvalue weighted by molar-refractivity contribution is 0.0964. The van der Waals surface area contributed by atoms with Crippen molar-refractivity contribution in [3.05, 3.63) is 89.0 Å². The molecular formula is C30H31F2N3O4S2. The van der Waals surface area contributed by atoms with E-state index in [1.165, 1.54) is 53.6 Å². The highest BCUT2D eigenvalue weighted by atomic mass is 32.2. The van der Waals surface area contributed by atoms with E-state index in [-0.39, 0.29) is 24.1 Å². The lowest BCUT2D eigenvalue weighted by Gasteiger charge is -2.34. The Hall–Kier alpha value is -3.41. The predicted molar refractivity (Wildman–Crippen MR) is 159 cm³/mol. The van der Waals surface area contributed by atoms with Gasteiger partial charge in [0.05, 0.1) is 17.0 Å². The largest absolute Gasteiger partial charge is 0.455 e. The number of amides is 1. The minimum absolute atomic E-state index is 0.151. The molecule has 3 aromatic carbocycles. The van der Waals surface area contributed by atoms with Gasteiger partial charge in [-0.25, -0.2) is 21.5 Å². The number of anilines is 1. The molecule has 0 spiro atoms. The Morgan fingerprint density at radius 3 is 2.56 bits per heavy atom. The molecule has 1 atom stereocenters. The molecule has 1 N–H and O–H groups in total. The molecule has 0 radical (unpaired) electrons. The topological polar surface area (TPSA) is 82.9 Å². The van der Waals surface area contributed by atoms with Crippen molar-refractivity contribution in [3.63, 3.8) is 0 Å². The van der Waals surface area contributed by atoms with Gasteiger partial charge in [0.1, 0.15) is 23.0 Å². The third-order valence-corrected chi connectivity index (χ3v) is 10.0. The van der Waals surface area contributed by atoms with E-state index in [2.05, 4.69) is 5.32 Å². The van der Waals surface area contributed by atoms with Crippen molar-refractivity contribution >= 4 is 44.5 Å². The van der Waals surface area contributed by atoms with Crippen molar-refractivity contribution in [1.82, 2.24) is 9.62 Å². The summed E-state index contributed by atoms with van der Waals surface area (Å²) in [5.74, 6) is -1.31. The maximum atomic E-state index is 13.7. The first-order valence-corrected chi connectivity index (χ1v) is 16.0. The fourth-order valence-electron chi connectivity index (χ4n) is 5.38. The second-order valence-corrected chi connectivity index (χ2v) is 12.9. The van der Waals surface area contributed by atoms with Gasteiger partial charge in [0.15, 0.2) is 0 Å². The number of fused-ring (bicyclic) bond motifs is 1. The molecule has 1 aromatic heterocycles. The molecule has 0 aliphatic carbocycles. The SMILES string of the molecule is CNC(=O)c1c(-c2ccc(F)cc2)oc2cc(N(C)SC)c(C3CCCN(S(=O)(=O)Cc4cccc(F)c4)C3)cc12. The molecular weight excluding hydrogens is 568 g/mol. The molecule has 0 bridgehead atoms. The molecule has 41 heavy (non-hydrogen) atoms. The Morgan fingerprint density at radius 1 is 1.12 bits per heavy atom. The van der Waals surface area contributed by atoms with Crippen LogP contribution in [0.1, 0.15) is 40.2 Å². The smallest absolute Gasteiger partial charge is 0.255 e. The Kier molecular flexibility index (Phi) is 8.40. The van der Waals surface area contributed by atoms with Crippen LogP contribution in [0.4, 0.5) is 14.5 Å². The van der Waals surface area contributed by atoms with Crippen LogP contribution in [0.2, 0.25) is 0 Å². The number of nitrogens with one attached hydrogen (secondary N) is 1. The number of halogens is 2. The first-order valence-electron chi connectivity index (χ1n) is 13.2. The van der Waals surface area contributed by atoms with Gasteiger partial charge in [-0.15, -0.1) is 0 Å². The maximum Gasteiger partial charge on any atom is 0.255 e. The highest BCUT2D eigenvalue weighted by molar-refractivity contribution is 7.99. The van der Waals surface area contributed by atoms with Crippen molar-refractivity contribution in [3.8, 4) is 11.3 Å². The van der Waals surface area contributed by atoms with Gasteiger partial charge in [-0.2, -0.15) is 0 Å². The summed E-state index contributed by atoms with van der Waals surface area (Å²) in [7, 11) is -0.248. The van der Waals surface area contributed by atoms with Crippen LogP contribution in [0.3, 0.4) is 0 Å². The van der Waals surface area contributed by atoms with Crippen LogP contribution in [-0.4, -0.2) is 52.1 Å². The highest BCUT2D eigenvalue weighted by Crippen LogP contribution is 2.42. The van der Waals surface area contributed by atoms with Crippen molar-refractivity contribution in [2.45, 2.75) is 24.5 Å². The minimum atomic E-state index is -3.70. The second-order valence-electron chi connectivity index (χ2n) is 10.1. The van der Waals surface area contributed by atoms with Crippen molar-refractivity contribution in [2.75, 3.05) is 37.7 Å². The van der Waals surface area contributed by atoms with Gasteiger partial charge in [0.25, 0.3) is 5.91 Å². The van der Waals surface area contributed by atoms with Gasteiger partial charge in [-0.05, 0) is 72.4 Å². The first-order chi connectivity index (χ1) is 19.6. The van der Waals surface area contributed by atoms with Crippen LogP contribution in [0.25, 0.3) is 22.3 Å². The molecule has 7 nitrogen and oxygen atoms in total. The molecule has 1 fully saturated rings. The summed E-state index contributed by atoms with van der Waals surface area (Å²) in [5.41, 5.74) is 3.54. The summed E-state index contributed by atoms with van der Waals surface area (Å²) in [6.07, 6.45) is 3.35. The molecule has 5 rings (SSSR count). The maximum absolute atomic E-state index is 13.7. The van der Waals surface area contributed by atoms with Crippen LogP contribution in [-0.2, 0) is 15.8 Å². The van der Waals surface area contributed by atoms with E-state index in [0.717, 1.165) is 17.7 Å². The van der Waals surface area contributed by atoms with Crippen molar-refractivity contribution < 1.29 is 26.4 Å². The van der Waals surface area contributed by atoms with E-state index in [0.29, 0.717) is 46.4 Å². The van der Waals surface area contributed by atoms with Crippen molar-refractivity contribution in [2.24, 2.45) is 0 Å². The standard InChI is InChI=1S/C30H31F2N3O4S2/c1-33-30(36)28-25-15-24(21-7-5-13-35(17-21)41(37,38)18-19-6-4-8-23(32)14-19)26(34(2)40-3)16-27(25)39-29(28)20-9-11-22(31)12-10-20/h4,6,8-12,14-16,21H,5,7,13,17-18H2,1-3H3,(H,33,36). The van der Waals surface area contributed by atoms with Crippen LogP contribution in [0.5, 0.6) is 0 Å². The number of sulfonamides is 1. The van der Waals surface area contributed by atoms with E-state index >= 15 is 0 Å². The molecule has 1 aliphatic rings. The number of piperidine rings is 1. The van der Waals surface area contributed by atoms with Crippen LogP contribution >= 0.6 is 11.9 Å². The normalized spacial score (nSPS) is 16.2. The lowest BCUT2D eigenvalue weighted by Crippen LogP contribution is -2.40. The summed E-state index contributed by atoms with van der Waals surface area (Å²) < 4.78 is 63.8. The molecule has 2 heterocycles. The number of nitrogens with zero attached hydrogens (tertiary/aromatic N) is 2. The summed E-state index contributed by atoms with van der Waals surface area (Å²) in [6, 6.07) is 15.2. The number of carbonyl (C=O) groups is 1. The number of hydrogen-bond acceptors (Lipinski definition) is 6. The number of rotatable bonds is 8. The van der Waals surface area contributed by atoms with Gasteiger partial charge >= 0.3 is 0 Å². The monoisotopic (exact) mass is 599 g/mol. The Balaban J connectivity index is 1.58. The molecule has 1 aliphatic heterocycles. The lowest BCUT2D eigenvalue weighted by atomic mass is 9.89. The summed E-state index contributed by atoms with van der Waals surface area (Å²) in [5, 5.41) is 3.28. The Bertz CT molecular complexity index is 1690. The van der Waals surface area contributed by atoms with Gasteiger partial charge in [-0.3, -0.25) is 4.79 Å². The molecule has 1 saturated heterocycles. The van der Waals surface area contributed by atoms with Gasteiger partial charge in [0.2, 0.25) is 10.0 Å².